The number of halogens is 1. The summed E-state index contributed by atoms with van der Waals surface area (Å²) in [4.78, 5) is 11.2. The first-order chi connectivity index (χ1) is 7.29. The summed E-state index contributed by atoms with van der Waals surface area (Å²) >= 11 is 3.16. The van der Waals surface area contributed by atoms with E-state index in [1.54, 1.807) is 0 Å². The van der Waals surface area contributed by atoms with Gasteiger partial charge in [0.15, 0.2) is 0 Å². The van der Waals surface area contributed by atoms with E-state index < -0.39 is 0 Å². The zero-order chi connectivity index (χ0) is 10.7. The van der Waals surface area contributed by atoms with E-state index in [2.05, 4.69) is 45.5 Å². The Morgan fingerprint density at radius 3 is 2.87 bits per heavy atom. The molecular formula is C12H14BrNO. The van der Waals surface area contributed by atoms with E-state index in [4.69, 9.17) is 0 Å². The van der Waals surface area contributed by atoms with Crippen molar-refractivity contribution in [3.63, 3.8) is 0 Å². The average Bonchev–Trinajstić information content (AvgIpc) is 2.29. The van der Waals surface area contributed by atoms with Gasteiger partial charge in [-0.25, -0.2) is 0 Å². The molecule has 0 fully saturated rings. The molecule has 80 valence electrons. The number of rotatable bonds is 2. The molecule has 2 rings (SSSR count). The van der Waals surface area contributed by atoms with Crippen molar-refractivity contribution in [2.24, 2.45) is 0 Å². The van der Waals surface area contributed by atoms with E-state index in [0.717, 1.165) is 19.3 Å². The number of carbonyl (C=O) groups is 1. The average molecular weight is 268 g/mol. The summed E-state index contributed by atoms with van der Waals surface area (Å²) in [6, 6.07) is 8.79. The molecule has 1 unspecified atom stereocenters. The van der Waals surface area contributed by atoms with Gasteiger partial charge in [0.25, 0.3) is 0 Å². The third-order valence-corrected chi connectivity index (χ3v) is 3.34. The molecule has 0 saturated carbocycles. The van der Waals surface area contributed by atoms with E-state index in [1.165, 1.54) is 11.1 Å². The van der Waals surface area contributed by atoms with Gasteiger partial charge in [-0.3, -0.25) is 4.79 Å². The van der Waals surface area contributed by atoms with Crippen LogP contribution in [-0.4, -0.2) is 17.3 Å². The Kier molecular flexibility index (Phi) is 3.41. The second kappa shape index (κ2) is 4.79. The van der Waals surface area contributed by atoms with Gasteiger partial charge in [-0.1, -0.05) is 40.2 Å². The monoisotopic (exact) mass is 267 g/mol. The molecule has 2 nitrogen and oxygen atoms in total. The summed E-state index contributed by atoms with van der Waals surface area (Å²) in [5.41, 5.74) is 2.81. The first-order valence-electron chi connectivity index (χ1n) is 5.21. The van der Waals surface area contributed by atoms with Crippen molar-refractivity contribution in [2.45, 2.75) is 25.3 Å². The van der Waals surface area contributed by atoms with Gasteiger partial charge in [-0.05, 0) is 30.4 Å². The van der Waals surface area contributed by atoms with Crippen LogP contribution >= 0.6 is 15.9 Å². The van der Waals surface area contributed by atoms with E-state index in [-0.39, 0.29) is 5.91 Å². The fourth-order valence-corrected chi connectivity index (χ4v) is 2.25. The van der Waals surface area contributed by atoms with Crippen molar-refractivity contribution >= 4 is 21.8 Å². The van der Waals surface area contributed by atoms with Crippen LogP contribution in [0, 0.1) is 0 Å². The van der Waals surface area contributed by atoms with Crippen molar-refractivity contribution in [1.82, 2.24) is 5.32 Å². The molecule has 3 heteroatoms. The maximum Gasteiger partial charge on any atom is 0.230 e. The number of hydrogen-bond donors (Lipinski definition) is 1. The van der Waals surface area contributed by atoms with Crippen molar-refractivity contribution < 1.29 is 4.79 Å². The third kappa shape index (κ3) is 2.59. The number of hydrogen-bond acceptors (Lipinski definition) is 1. The molecule has 0 radical (unpaired) electrons. The first-order valence-corrected chi connectivity index (χ1v) is 6.34. The minimum Gasteiger partial charge on any atom is -0.352 e. The topological polar surface area (TPSA) is 29.1 Å². The highest BCUT2D eigenvalue weighted by molar-refractivity contribution is 9.09. The molecule has 1 aliphatic rings. The van der Waals surface area contributed by atoms with Crippen molar-refractivity contribution in [1.29, 1.82) is 0 Å². The minimum atomic E-state index is 0.0828. The maximum absolute atomic E-state index is 11.2. The Labute approximate surface area is 98.2 Å². The lowest BCUT2D eigenvalue weighted by Gasteiger charge is -2.25. The predicted octanol–water partition coefficient (Wildman–Crippen LogP) is 2.05. The Morgan fingerprint density at radius 1 is 1.40 bits per heavy atom. The third-order valence-electron chi connectivity index (χ3n) is 2.83. The van der Waals surface area contributed by atoms with Gasteiger partial charge in [-0.2, -0.15) is 0 Å². The zero-order valence-electron chi connectivity index (χ0n) is 8.50. The summed E-state index contributed by atoms with van der Waals surface area (Å²) in [5, 5.41) is 3.42. The maximum atomic E-state index is 11.2. The number of fused-ring (bicyclic) bond motifs is 1. The number of carbonyl (C=O) groups excluding carboxylic acids is 1. The summed E-state index contributed by atoms with van der Waals surface area (Å²) in [5.74, 6) is 0.0828. The SMILES string of the molecule is O=C(CBr)NC1CCc2ccccc2C1. The minimum absolute atomic E-state index is 0.0828. The van der Waals surface area contributed by atoms with Crippen molar-refractivity contribution in [3.05, 3.63) is 35.4 Å². The van der Waals surface area contributed by atoms with Gasteiger partial charge in [0, 0.05) is 6.04 Å². The van der Waals surface area contributed by atoms with Crippen LogP contribution in [-0.2, 0) is 17.6 Å². The lowest BCUT2D eigenvalue weighted by atomic mass is 9.88. The molecule has 0 spiro atoms. The molecular weight excluding hydrogens is 254 g/mol. The molecule has 0 saturated heterocycles. The number of nitrogens with one attached hydrogen (secondary N) is 1. The van der Waals surface area contributed by atoms with Crippen LogP contribution in [0.5, 0.6) is 0 Å². The van der Waals surface area contributed by atoms with Crippen LogP contribution < -0.4 is 5.32 Å². The lowest BCUT2D eigenvalue weighted by molar-refractivity contribution is -0.119. The quantitative estimate of drug-likeness (QED) is 0.817. The zero-order valence-corrected chi connectivity index (χ0v) is 10.1. The van der Waals surface area contributed by atoms with Gasteiger partial charge < -0.3 is 5.32 Å². The Balaban J connectivity index is 2.02. The van der Waals surface area contributed by atoms with Crippen LogP contribution in [0.15, 0.2) is 24.3 Å². The summed E-state index contributed by atoms with van der Waals surface area (Å²) in [7, 11) is 0. The van der Waals surface area contributed by atoms with Gasteiger partial charge in [0.1, 0.15) is 0 Å². The smallest absolute Gasteiger partial charge is 0.230 e. The van der Waals surface area contributed by atoms with E-state index >= 15 is 0 Å². The van der Waals surface area contributed by atoms with Crippen molar-refractivity contribution in [3.8, 4) is 0 Å². The normalized spacial score (nSPS) is 19.4. The van der Waals surface area contributed by atoms with Crippen LogP contribution in [0.3, 0.4) is 0 Å². The largest absolute Gasteiger partial charge is 0.352 e. The van der Waals surface area contributed by atoms with Gasteiger partial charge >= 0.3 is 0 Å². The van der Waals surface area contributed by atoms with Crippen LogP contribution in [0.25, 0.3) is 0 Å². The second-order valence-corrected chi connectivity index (χ2v) is 4.47. The highest BCUT2D eigenvalue weighted by Crippen LogP contribution is 2.20. The highest BCUT2D eigenvalue weighted by Gasteiger charge is 2.18. The van der Waals surface area contributed by atoms with Gasteiger partial charge in [0.2, 0.25) is 5.91 Å². The molecule has 1 aromatic carbocycles. The predicted molar refractivity (Wildman–Crippen MR) is 64.2 cm³/mol. The molecule has 1 aliphatic carbocycles. The molecule has 0 aliphatic heterocycles. The van der Waals surface area contributed by atoms with Crippen LogP contribution in [0.1, 0.15) is 17.5 Å². The van der Waals surface area contributed by atoms with Gasteiger partial charge in [-0.15, -0.1) is 0 Å². The number of amides is 1. The van der Waals surface area contributed by atoms with Crippen LogP contribution in [0.2, 0.25) is 0 Å². The van der Waals surface area contributed by atoms with E-state index in [0.29, 0.717) is 11.4 Å². The summed E-state index contributed by atoms with van der Waals surface area (Å²) in [6.45, 7) is 0. The summed E-state index contributed by atoms with van der Waals surface area (Å²) in [6.07, 6.45) is 3.09. The molecule has 0 bridgehead atoms. The standard InChI is InChI=1S/C12H14BrNO/c13-8-12(15)14-11-6-5-9-3-1-2-4-10(9)7-11/h1-4,11H,5-8H2,(H,14,15). The first kappa shape index (κ1) is 10.7. The molecule has 1 amide bonds. The second-order valence-electron chi connectivity index (χ2n) is 3.91. The Hall–Kier alpha value is -0.830. The number of benzene rings is 1. The molecule has 0 heterocycles. The Bertz CT molecular complexity index is 364. The van der Waals surface area contributed by atoms with E-state index in [1.807, 2.05) is 0 Å². The van der Waals surface area contributed by atoms with E-state index in [9.17, 15) is 4.79 Å². The molecule has 1 atom stereocenters. The fourth-order valence-electron chi connectivity index (χ4n) is 2.09. The highest BCUT2D eigenvalue weighted by atomic mass is 79.9. The van der Waals surface area contributed by atoms with Crippen LogP contribution in [0.4, 0.5) is 0 Å². The number of alkyl halides is 1. The summed E-state index contributed by atoms with van der Waals surface area (Å²) < 4.78 is 0. The molecule has 0 aromatic heterocycles. The Morgan fingerprint density at radius 2 is 2.13 bits per heavy atom. The molecule has 1 N–H and O–H groups in total. The number of aryl methyl sites for hydroxylation is 1. The molecule has 1 aromatic rings. The fraction of sp³-hybridized carbons (Fsp3) is 0.417. The molecule has 15 heavy (non-hydrogen) atoms. The van der Waals surface area contributed by atoms with Gasteiger partial charge in [0.05, 0.1) is 5.33 Å². The van der Waals surface area contributed by atoms with Crippen molar-refractivity contribution in [2.75, 3.05) is 5.33 Å². The lowest BCUT2D eigenvalue weighted by Crippen LogP contribution is -2.39.